The summed E-state index contributed by atoms with van der Waals surface area (Å²) in [6.45, 7) is 9.90. The monoisotopic (exact) mass is 463 g/mol. The van der Waals surface area contributed by atoms with Crippen LogP contribution in [0.25, 0.3) is 0 Å². The van der Waals surface area contributed by atoms with Crippen molar-refractivity contribution >= 4 is 24.6 Å². The number of benzene rings is 2. The number of likely N-dealkylation sites (tertiary alicyclic amines) is 1. The van der Waals surface area contributed by atoms with Crippen molar-refractivity contribution in [2.24, 2.45) is 5.41 Å². The van der Waals surface area contributed by atoms with E-state index in [4.69, 9.17) is 13.9 Å². The SMILES string of the molecule is CC(C)(C)[Si](OCC(=O)N1CC2(COCC#CCOC2)C1)(c1ccccc1)c1ccccc1. The number of amides is 1. The normalized spacial score (nSPS) is 18.3. The number of hydrogen-bond acceptors (Lipinski definition) is 4. The molecule has 174 valence electrons. The fourth-order valence-corrected chi connectivity index (χ4v) is 9.42. The van der Waals surface area contributed by atoms with Crippen LogP contribution in [0.5, 0.6) is 0 Å². The predicted octanol–water partition coefficient (Wildman–Crippen LogP) is 2.44. The molecule has 2 aliphatic heterocycles. The summed E-state index contributed by atoms with van der Waals surface area (Å²) in [4.78, 5) is 15.1. The Balaban J connectivity index is 1.52. The van der Waals surface area contributed by atoms with Crippen molar-refractivity contribution in [3.8, 4) is 11.8 Å². The molecule has 2 aliphatic rings. The van der Waals surface area contributed by atoms with E-state index in [1.807, 2.05) is 17.0 Å². The summed E-state index contributed by atoms with van der Waals surface area (Å²) < 4.78 is 18.2. The lowest BCUT2D eigenvalue weighted by atomic mass is 9.81. The van der Waals surface area contributed by atoms with Crippen LogP contribution in [0.1, 0.15) is 20.8 Å². The van der Waals surface area contributed by atoms with Crippen molar-refractivity contribution in [3.63, 3.8) is 0 Å². The zero-order chi connectivity index (χ0) is 23.4. The van der Waals surface area contributed by atoms with Crippen LogP contribution in [0.15, 0.2) is 60.7 Å². The zero-order valence-corrected chi connectivity index (χ0v) is 20.8. The van der Waals surface area contributed by atoms with Crippen molar-refractivity contribution in [3.05, 3.63) is 60.7 Å². The second kappa shape index (κ2) is 9.82. The molecule has 0 aliphatic carbocycles. The maximum absolute atomic E-state index is 13.2. The van der Waals surface area contributed by atoms with Crippen molar-refractivity contribution < 1.29 is 18.7 Å². The first-order valence-corrected chi connectivity index (χ1v) is 13.4. The minimum absolute atomic E-state index is 0.0183. The number of hydrogen-bond donors (Lipinski definition) is 0. The molecule has 1 amide bonds. The van der Waals surface area contributed by atoms with E-state index in [-0.39, 0.29) is 23.0 Å². The molecule has 1 fully saturated rings. The van der Waals surface area contributed by atoms with E-state index in [0.29, 0.717) is 39.5 Å². The van der Waals surface area contributed by atoms with E-state index < -0.39 is 8.32 Å². The Labute approximate surface area is 198 Å². The quantitative estimate of drug-likeness (QED) is 0.505. The highest BCUT2D eigenvalue weighted by atomic mass is 28.4. The maximum atomic E-state index is 13.2. The van der Waals surface area contributed by atoms with Gasteiger partial charge < -0.3 is 18.8 Å². The molecule has 5 nitrogen and oxygen atoms in total. The summed E-state index contributed by atoms with van der Waals surface area (Å²) in [6, 6.07) is 20.8. The van der Waals surface area contributed by atoms with Crippen molar-refractivity contribution in [2.75, 3.05) is 46.1 Å². The van der Waals surface area contributed by atoms with Crippen LogP contribution in [-0.4, -0.2) is 65.2 Å². The zero-order valence-electron chi connectivity index (χ0n) is 19.8. The standard InChI is InChI=1S/C27H33NO4Si/c1-26(2,3)33(23-12-6-4-7-13-23,24-14-8-5-9-15-24)32-18-25(29)28-19-27(20-28)21-30-16-10-11-17-31-22-27/h4-9,12-15H,16-22H2,1-3H3. The molecule has 2 aromatic carbocycles. The first-order chi connectivity index (χ1) is 15.9. The molecule has 1 spiro atoms. The van der Waals surface area contributed by atoms with Gasteiger partial charge in [0.05, 0.1) is 18.6 Å². The van der Waals surface area contributed by atoms with Crippen LogP contribution in [0.4, 0.5) is 0 Å². The molecule has 0 saturated carbocycles. The van der Waals surface area contributed by atoms with Gasteiger partial charge >= 0.3 is 0 Å². The van der Waals surface area contributed by atoms with Gasteiger partial charge in [0.15, 0.2) is 0 Å². The molecule has 6 heteroatoms. The lowest BCUT2D eigenvalue weighted by molar-refractivity contribution is -0.156. The molecule has 0 N–H and O–H groups in total. The summed E-state index contributed by atoms with van der Waals surface area (Å²) in [6.07, 6.45) is 0. The third-order valence-corrected chi connectivity index (χ3v) is 11.5. The number of nitrogens with zero attached hydrogens (tertiary/aromatic N) is 1. The fraction of sp³-hybridized carbons (Fsp3) is 0.444. The highest BCUT2D eigenvalue weighted by Gasteiger charge is 2.51. The number of carbonyl (C=O) groups is 1. The lowest BCUT2D eigenvalue weighted by Crippen LogP contribution is -2.68. The summed E-state index contributed by atoms with van der Waals surface area (Å²) in [5, 5.41) is 2.19. The van der Waals surface area contributed by atoms with Gasteiger partial charge in [0.2, 0.25) is 5.91 Å². The first-order valence-electron chi connectivity index (χ1n) is 11.5. The first kappa shape index (κ1) is 23.7. The van der Waals surface area contributed by atoms with E-state index in [1.165, 1.54) is 10.4 Å². The Morgan fingerprint density at radius 3 is 1.88 bits per heavy atom. The average Bonchev–Trinajstić information content (AvgIpc) is 2.91. The fourth-order valence-electron chi connectivity index (χ4n) is 4.93. The van der Waals surface area contributed by atoms with E-state index in [9.17, 15) is 4.79 Å². The second-order valence-corrected chi connectivity index (χ2v) is 14.3. The molecule has 0 unspecified atom stereocenters. The van der Waals surface area contributed by atoms with Gasteiger partial charge in [-0.2, -0.15) is 0 Å². The number of rotatable bonds is 5. The van der Waals surface area contributed by atoms with Crippen molar-refractivity contribution in [1.29, 1.82) is 0 Å². The largest absolute Gasteiger partial charge is 0.398 e. The number of carbonyl (C=O) groups excluding carboxylic acids is 1. The molecule has 0 radical (unpaired) electrons. The highest BCUT2D eigenvalue weighted by molar-refractivity contribution is 6.99. The Bertz CT molecular complexity index is 946. The average molecular weight is 464 g/mol. The Morgan fingerprint density at radius 2 is 1.42 bits per heavy atom. The predicted molar refractivity (Wildman–Crippen MR) is 132 cm³/mol. The molecule has 0 aromatic heterocycles. The van der Waals surface area contributed by atoms with Crippen LogP contribution in [0.2, 0.25) is 5.04 Å². The summed E-state index contributed by atoms with van der Waals surface area (Å²) >= 11 is 0. The summed E-state index contributed by atoms with van der Waals surface area (Å²) in [5.74, 6) is 5.89. The van der Waals surface area contributed by atoms with Crippen molar-refractivity contribution in [2.45, 2.75) is 25.8 Å². The second-order valence-electron chi connectivity index (χ2n) is 10.0. The van der Waals surface area contributed by atoms with Gasteiger partial charge in [0.1, 0.15) is 19.8 Å². The molecular weight excluding hydrogens is 430 g/mol. The minimum Gasteiger partial charge on any atom is -0.398 e. The van der Waals surface area contributed by atoms with Gasteiger partial charge in [-0.1, -0.05) is 93.3 Å². The van der Waals surface area contributed by atoms with Crippen LogP contribution >= 0.6 is 0 Å². The smallest absolute Gasteiger partial charge is 0.261 e. The van der Waals surface area contributed by atoms with Gasteiger partial charge in [0.25, 0.3) is 8.32 Å². The Hall–Kier alpha value is -2.43. The molecule has 2 aromatic rings. The number of ether oxygens (including phenoxy) is 2. The van der Waals surface area contributed by atoms with Crippen molar-refractivity contribution in [1.82, 2.24) is 4.90 Å². The lowest BCUT2D eigenvalue weighted by Gasteiger charge is -2.50. The Morgan fingerprint density at radius 1 is 0.939 bits per heavy atom. The Kier molecular flexibility index (Phi) is 7.06. The third kappa shape index (κ3) is 4.92. The molecular formula is C27H33NO4Si. The van der Waals surface area contributed by atoms with Gasteiger partial charge in [-0.3, -0.25) is 4.79 Å². The van der Waals surface area contributed by atoms with Gasteiger partial charge in [-0.05, 0) is 15.4 Å². The van der Waals surface area contributed by atoms with E-state index in [1.54, 1.807) is 0 Å². The molecule has 4 rings (SSSR count). The molecule has 0 atom stereocenters. The topological polar surface area (TPSA) is 48.0 Å². The molecule has 33 heavy (non-hydrogen) atoms. The summed E-state index contributed by atoms with van der Waals surface area (Å²) in [5.41, 5.74) is -0.152. The van der Waals surface area contributed by atoms with Gasteiger partial charge in [-0.25, -0.2) is 0 Å². The van der Waals surface area contributed by atoms with Gasteiger partial charge in [0, 0.05) is 13.1 Å². The van der Waals surface area contributed by atoms with Crippen LogP contribution < -0.4 is 10.4 Å². The van der Waals surface area contributed by atoms with Crippen LogP contribution in [0.3, 0.4) is 0 Å². The molecule has 0 bridgehead atoms. The van der Waals surface area contributed by atoms with Gasteiger partial charge in [-0.15, -0.1) is 0 Å². The summed E-state index contributed by atoms with van der Waals surface area (Å²) in [7, 11) is -2.73. The maximum Gasteiger partial charge on any atom is 0.261 e. The molecule has 2 heterocycles. The van der Waals surface area contributed by atoms with E-state index >= 15 is 0 Å². The molecule has 1 saturated heterocycles. The highest BCUT2D eigenvalue weighted by Crippen LogP contribution is 2.37. The van der Waals surface area contributed by atoms with E-state index in [0.717, 1.165) is 0 Å². The van der Waals surface area contributed by atoms with Crippen LogP contribution in [0, 0.1) is 17.3 Å². The van der Waals surface area contributed by atoms with Crippen LogP contribution in [-0.2, 0) is 18.7 Å². The van der Waals surface area contributed by atoms with E-state index in [2.05, 4.69) is 81.1 Å². The minimum atomic E-state index is -2.73. The third-order valence-electron chi connectivity index (χ3n) is 6.52.